The van der Waals surface area contributed by atoms with E-state index in [1.165, 1.54) is 24.3 Å². The number of carboxylic acids is 1. The molecule has 0 saturated carbocycles. The van der Waals surface area contributed by atoms with E-state index in [0.29, 0.717) is 34.8 Å². The summed E-state index contributed by atoms with van der Waals surface area (Å²) >= 11 is 0. The quantitative estimate of drug-likeness (QED) is 0.297. The van der Waals surface area contributed by atoms with E-state index in [0.717, 1.165) is 18.6 Å². The molecule has 1 N–H and O–H groups in total. The van der Waals surface area contributed by atoms with Gasteiger partial charge in [-0.05, 0) is 72.0 Å². The second-order valence-corrected chi connectivity index (χ2v) is 7.56. The Labute approximate surface area is 195 Å². The Morgan fingerprint density at radius 2 is 1.50 bits per heavy atom. The summed E-state index contributed by atoms with van der Waals surface area (Å²) in [7, 11) is 0. The van der Waals surface area contributed by atoms with E-state index >= 15 is 0 Å². The Hall–Kier alpha value is -3.68. The van der Waals surface area contributed by atoms with Crippen molar-refractivity contribution in [3.05, 3.63) is 72.3 Å². The molecule has 0 spiro atoms. The van der Waals surface area contributed by atoms with Crippen LogP contribution in [0.5, 0.6) is 23.0 Å². The molecule has 0 heterocycles. The molecule has 0 aliphatic heterocycles. The number of unbranched alkanes of at least 4 members (excludes halogenated alkanes) is 1. The van der Waals surface area contributed by atoms with Crippen LogP contribution in [0.1, 0.15) is 31.7 Å². The average Bonchev–Trinajstić information content (AvgIpc) is 2.79. The van der Waals surface area contributed by atoms with Crippen molar-refractivity contribution in [3.63, 3.8) is 0 Å². The van der Waals surface area contributed by atoms with Crippen molar-refractivity contribution in [2.75, 3.05) is 6.61 Å². The van der Waals surface area contributed by atoms with Crippen LogP contribution in [0.3, 0.4) is 0 Å². The van der Waals surface area contributed by atoms with Crippen LogP contribution < -0.4 is 14.2 Å². The van der Waals surface area contributed by atoms with Gasteiger partial charge in [-0.3, -0.25) is 4.79 Å². The molecule has 0 unspecified atom stereocenters. The standard InChI is InChI=1S/C26H25F3O5/c1-2-3-16-32-21-11-13-22(14-12-21)33-24-17-20(5-4-19(24)8-15-25(30)31)18-6-9-23(10-7-18)34-26(27,28)29/h4-7,9-14,17H,2-3,8,15-16H2,1H3,(H,30,31). The maximum atomic E-state index is 12.4. The molecular weight excluding hydrogens is 449 g/mol. The zero-order valence-corrected chi connectivity index (χ0v) is 18.6. The van der Waals surface area contributed by atoms with Gasteiger partial charge in [0.15, 0.2) is 0 Å². The number of hydrogen-bond donors (Lipinski definition) is 1. The van der Waals surface area contributed by atoms with Crippen molar-refractivity contribution < 1.29 is 37.3 Å². The molecule has 0 radical (unpaired) electrons. The van der Waals surface area contributed by atoms with Gasteiger partial charge in [-0.25, -0.2) is 0 Å². The Kier molecular flexibility index (Phi) is 8.40. The van der Waals surface area contributed by atoms with Gasteiger partial charge >= 0.3 is 12.3 Å². The number of alkyl halides is 3. The van der Waals surface area contributed by atoms with Crippen molar-refractivity contribution in [1.29, 1.82) is 0 Å². The highest BCUT2D eigenvalue weighted by atomic mass is 19.4. The van der Waals surface area contributed by atoms with E-state index in [4.69, 9.17) is 14.6 Å². The molecule has 0 aromatic heterocycles. The summed E-state index contributed by atoms with van der Waals surface area (Å²) in [6.07, 6.45) is -2.56. The van der Waals surface area contributed by atoms with Gasteiger partial charge in [-0.15, -0.1) is 13.2 Å². The van der Waals surface area contributed by atoms with Crippen molar-refractivity contribution in [3.8, 4) is 34.1 Å². The predicted molar refractivity (Wildman–Crippen MR) is 121 cm³/mol. The summed E-state index contributed by atoms with van der Waals surface area (Å²) in [5.41, 5.74) is 2.06. The number of hydrogen-bond acceptors (Lipinski definition) is 4. The zero-order chi connectivity index (χ0) is 24.6. The average molecular weight is 474 g/mol. The largest absolute Gasteiger partial charge is 0.573 e. The zero-order valence-electron chi connectivity index (χ0n) is 18.6. The van der Waals surface area contributed by atoms with Crippen LogP contribution in [-0.4, -0.2) is 24.0 Å². The van der Waals surface area contributed by atoms with Gasteiger partial charge in [0.25, 0.3) is 0 Å². The first-order valence-corrected chi connectivity index (χ1v) is 10.8. The molecule has 0 bridgehead atoms. The van der Waals surface area contributed by atoms with Crippen molar-refractivity contribution >= 4 is 5.97 Å². The Morgan fingerprint density at radius 3 is 2.12 bits per heavy atom. The van der Waals surface area contributed by atoms with Crippen LogP contribution in [0.15, 0.2) is 66.7 Å². The third-order valence-corrected chi connectivity index (χ3v) is 4.91. The van der Waals surface area contributed by atoms with Crippen LogP contribution in [0.2, 0.25) is 0 Å². The summed E-state index contributed by atoms with van der Waals surface area (Å²) < 4.78 is 52.9. The lowest BCUT2D eigenvalue weighted by Crippen LogP contribution is -2.16. The Morgan fingerprint density at radius 1 is 0.882 bits per heavy atom. The molecule has 8 heteroatoms. The Balaban J connectivity index is 1.82. The normalized spacial score (nSPS) is 11.2. The fourth-order valence-electron chi connectivity index (χ4n) is 3.19. The lowest BCUT2D eigenvalue weighted by Gasteiger charge is -2.14. The number of carboxylic acid groups (broad SMARTS) is 1. The fourth-order valence-corrected chi connectivity index (χ4v) is 3.19. The van der Waals surface area contributed by atoms with Gasteiger partial charge < -0.3 is 19.3 Å². The maximum absolute atomic E-state index is 12.4. The monoisotopic (exact) mass is 474 g/mol. The van der Waals surface area contributed by atoms with Crippen LogP contribution in [0.4, 0.5) is 13.2 Å². The number of halogens is 3. The first kappa shape index (κ1) is 25.0. The van der Waals surface area contributed by atoms with E-state index in [1.54, 1.807) is 42.5 Å². The number of aryl methyl sites for hydroxylation is 1. The van der Waals surface area contributed by atoms with Gasteiger partial charge in [-0.2, -0.15) is 0 Å². The van der Waals surface area contributed by atoms with Gasteiger partial charge in [0.05, 0.1) is 6.61 Å². The predicted octanol–water partition coefficient (Wildman–Crippen LogP) is 7.24. The number of benzene rings is 3. The lowest BCUT2D eigenvalue weighted by molar-refractivity contribution is -0.274. The van der Waals surface area contributed by atoms with E-state index in [-0.39, 0.29) is 18.6 Å². The Bertz CT molecular complexity index is 1080. The lowest BCUT2D eigenvalue weighted by atomic mass is 10.0. The summed E-state index contributed by atoms with van der Waals surface area (Å²) in [4.78, 5) is 11.1. The van der Waals surface area contributed by atoms with Gasteiger partial charge in [-0.1, -0.05) is 37.6 Å². The smallest absolute Gasteiger partial charge is 0.494 e. The minimum absolute atomic E-state index is 0.0661. The molecule has 3 aromatic rings. The molecule has 180 valence electrons. The van der Waals surface area contributed by atoms with Gasteiger partial charge in [0.1, 0.15) is 23.0 Å². The van der Waals surface area contributed by atoms with E-state index < -0.39 is 12.3 Å². The highest BCUT2D eigenvalue weighted by molar-refractivity contribution is 5.69. The van der Waals surface area contributed by atoms with Crippen molar-refractivity contribution in [1.82, 2.24) is 0 Å². The van der Waals surface area contributed by atoms with Crippen molar-refractivity contribution in [2.24, 2.45) is 0 Å². The van der Waals surface area contributed by atoms with Crippen molar-refractivity contribution in [2.45, 2.75) is 39.0 Å². The van der Waals surface area contributed by atoms with Crippen LogP contribution in [0, 0.1) is 0 Å². The first-order chi connectivity index (χ1) is 16.2. The van der Waals surface area contributed by atoms with Crippen LogP contribution in [-0.2, 0) is 11.2 Å². The van der Waals surface area contributed by atoms with E-state index in [9.17, 15) is 18.0 Å². The van der Waals surface area contributed by atoms with Gasteiger partial charge in [0.2, 0.25) is 0 Å². The third kappa shape index (κ3) is 7.72. The minimum atomic E-state index is -4.76. The highest BCUT2D eigenvalue weighted by Crippen LogP contribution is 2.33. The molecule has 0 amide bonds. The van der Waals surface area contributed by atoms with Gasteiger partial charge in [0, 0.05) is 6.42 Å². The molecule has 0 aliphatic carbocycles. The van der Waals surface area contributed by atoms with Crippen LogP contribution >= 0.6 is 0 Å². The molecule has 34 heavy (non-hydrogen) atoms. The number of carbonyl (C=O) groups is 1. The molecule has 0 fully saturated rings. The SMILES string of the molecule is CCCCOc1ccc(Oc2cc(-c3ccc(OC(F)(F)F)cc3)ccc2CCC(=O)O)cc1. The fraction of sp³-hybridized carbons (Fsp3) is 0.269. The highest BCUT2D eigenvalue weighted by Gasteiger charge is 2.31. The third-order valence-electron chi connectivity index (χ3n) is 4.91. The topological polar surface area (TPSA) is 65.0 Å². The minimum Gasteiger partial charge on any atom is -0.494 e. The molecule has 0 atom stereocenters. The van der Waals surface area contributed by atoms with E-state index in [2.05, 4.69) is 11.7 Å². The summed E-state index contributed by atoms with van der Waals surface area (Å²) in [6, 6.07) is 17.9. The number of rotatable bonds is 11. The molecule has 0 aliphatic rings. The number of aliphatic carboxylic acids is 1. The molecule has 3 rings (SSSR count). The van der Waals surface area contributed by atoms with E-state index in [1.807, 2.05) is 0 Å². The summed E-state index contributed by atoms with van der Waals surface area (Å²) in [5.74, 6) is 0.497. The summed E-state index contributed by atoms with van der Waals surface area (Å²) in [5, 5.41) is 9.07. The number of ether oxygens (including phenoxy) is 3. The summed E-state index contributed by atoms with van der Waals surface area (Å²) in [6.45, 7) is 2.71. The second-order valence-electron chi connectivity index (χ2n) is 7.56. The molecule has 0 saturated heterocycles. The maximum Gasteiger partial charge on any atom is 0.573 e. The second kappa shape index (κ2) is 11.4. The molecule has 5 nitrogen and oxygen atoms in total. The molecular formula is C26H25F3O5. The first-order valence-electron chi connectivity index (χ1n) is 10.8. The molecule has 3 aromatic carbocycles. The van der Waals surface area contributed by atoms with Crippen LogP contribution in [0.25, 0.3) is 11.1 Å².